The fourth-order valence-electron chi connectivity index (χ4n) is 0.583. The van der Waals surface area contributed by atoms with Crippen molar-refractivity contribution in [2.45, 2.75) is 25.7 Å². The molecule has 0 heterocycles. The first-order valence-electron chi connectivity index (χ1n) is 3.15. The molecule has 0 saturated carbocycles. The van der Waals surface area contributed by atoms with Crippen LogP contribution in [0, 0.1) is 0 Å². The number of hydrogen-bond acceptors (Lipinski definition) is 3. The normalized spacial score (nSPS) is 11.3. The van der Waals surface area contributed by atoms with E-state index in [4.69, 9.17) is 4.55 Å². The van der Waals surface area contributed by atoms with E-state index in [0.29, 0.717) is 0 Å². The zero-order chi connectivity index (χ0) is 8.91. The molecule has 0 fully saturated rings. The molecule has 0 aliphatic carbocycles. The van der Waals surface area contributed by atoms with Crippen LogP contribution in [-0.4, -0.2) is 25.1 Å². The van der Waals surface area contributed by atoms with Gasteiger partial charge in [0.15, 0.2) is 0 Å². The second kappa shape index (κ2) is 6.27. The number of halogens is 2. The van der Waals surface area contributed by atoms with Gasteiger partial charge < -0.3 is 6.15 Å². The van der Waals surface area contributed by atoms with Crippen molar-refractivity contribution in [3.05, 3.63) is 0 Å². The van der Waals surface area contributed by atoms with Crippen LogP contribution in [0.15, 0.2) is 0 Å². The maximum Gasteiger partial charge on any atom is 0.264 e. The Balaban J connectivity index is 0. The van der Waals surface area contributed by atoms with Crippen molar-refractivity contribution in [1.29, 1.82) is 0 Å². The van der Waals surface area contributed by atoms with Crippen molar-refractivity contribution in [2.24, 2.45) is 0 Å². The van der Waals surface area contributed by atoms with Gasteiger partial charge in [-0.25, -0.2) is 8.78 Å². The van der Waals surface area contributed by atoms with Gasteiger partial charge in [-0.05, 0) is 12.8 Å². The first-order valence-corrected chi connectivity index (χ1v) is 4.76. The van der Waals surface area contributed by atoms with Gasteiger partial charge in [-0.1, -0.05) is 0 Å². The fourth-order valence-corrected chi connectivity index (χ4v) is 1.15. The van der Waals surface area contributed by atoms with Crippen LogP contribution in [0.5, 0.6) is 0 Å². The van der Waals surface area contributed by atoms with Crippen LogP contribution in [0.3, 0.4) is 0 Å². The lowest BCUT2D eigenvalue weighted by molar-refractivity contribution is 0.134. The minimum Gasteiger partial charge on any atom is -0.344 e. The van der Waals surface area contributed by atoms with Crippen molar-refractivity contribution >= 4 is 10.1 Å². The molecule has 4 nitrogen and oxygen atoms in total. The highest BCUT2D eigenvalue weighted by atomic mass is 32.2. The SMILES string of the molecule is N.O=S(=O)(O)CCCCC(F)F. The fraction of sp³-hybridized carbons (Fsp3) is 1.00. The van der Waals surface area contributed by atoms with Crippen LogP contribution in [0.4, 0.5) is 8.78 Å². The molecule has 12 heavy (non-hydrogen) atoms. The second-order valence-electron chi connectivity index (χ2n) is 2.17. The molecule has 0 aliphatic rings. The Morgan fingerprint density at radius 2 is 1.75 bits per heavy atom. The van der Waals surface area contributed by atoms with Crippen LogP contribution in [0.1, 0.15) is 19.3 Å². The second-order valence-corrected chi connectivity index (χ2v) is 3.74. The van der Waals surface area contributed by atoms with Crippen LogP contribution in [0.25, 0.3) is 0 Å². The molecule has 0 radical (unpaired) electrons. The lowest BCUT2D eigenvalue weighted by Gasteiger charge is -1.97. The summed E-state index contributed by atoms with van der Waals surface area (Å²) in [5.74, 6) is -0.431. The molecule has 0 saturated heterocycles. The highest BCUT2D eigenvalue weighted by Gasteiger charge is 2.06. The molecule has 0 unspecified atom stereocenters. The summed E-state index contributed by atoms with van der Waals surface area (Å²) in [6.07, 6.45) is -2.49. The molecule has 76 valence electrons. The Labute approximate surface area is 70.3 Å². The summed E-state index contributed by atoms with van der Waals surface area (Å²) in [5, 5.41) is 0. The van der Waals surface area contributed by atoms with E-state index < -0.39 is 22.3 Å². The van der Waals surface area contributed by atoms with Crippen LogP contribution in [-0.2, 0) is 10.1 Å². The lowest BCUT2D eigenvalue weighted by Crippen LogP contribution is -2.04. The zero-order valence-electron chi connectivity index (χ0n) is 6.54. The molecule has 0 spiro atoms. The highest BCUT2D eigenvalue weighted by molar-refractivity contribution is 7.85. The number of hydrogen-bond donors (Lipinski definition) is 2. The van der Waals surface area contributed by atoms with Gasteiger partial charge in [0.2, 0.25) is 6.43 Å². The molecule has 0 aliphatic heterocycles. The van der Waals surface area contributed by atoms with Gasteiger partial charge in [-0.15, -0.1) is 0 Å². The topological polar surface area (TPSA) is 89.4 Å². The predicted molar refractivity (Wildman–Crippen MR) is 41.3 cm³/mol. The molecule has 0 aromatic rings. The molecule has 7 heteroatoms. The minimum absolute atomic E-state index is 0. The third kappa shape index (κ3) is 12.4. The molecular weight excluding hydrogens is 192 g/mol. The molecule has 4 N–H and O–H groups in total. The number of unbranched alkanes of at least 4 members (excludes halogenated alkanes) is 1. The van der Waals surface area contributed by atoms with Gasteiger partial charge >= 0.3 is 0 Å². The van der Waals surface area contributed by atoms with E-state index in [1.165, 1.54) is 0 Å². The molecule has 0 aromatic heterocycles. The van der Waals surface area contributed by atoms with Crippen molar-refractivity contribution in [3.8, 4) is 0 Å². The van der Waals surface area contributed by atoms with Gasteiger partial charge in [0.05, 0.1) is 5.75 Å². The van der Waals surface area contributed by atoms with Crippen molar-refractivity contribution in [2.75, 3.05) is 5.75 Å². The smallest absolute Gasteiger partial charge is 0.264 e. The molecule has 0 aromatic carbocycles. The summed E-state index contributed by atoms with van der Waals surface area (Å²) in [6, 6.07) is 0. The molecule has 0 bridgehead atoms. The third-order valence-corrected chi connectivity index (χ3v) is 1.88. The summed E-state index contributed by atoms with van der Waals surface area (Å²) < 4.78 is 51.1. The first-order chi connectivity index (χ1) is 4.92. The van der Waals surface area contributed by atoms with E-state index in [2.05, 4.69) is 0 Å². The lowest BCUT2D eigenvalue weighted by atomic mass is 10.3. The summed E-state index contributed by atoms with van der Waals surface area (Å²) in [4.78, 5) is 0. The maximum atomic E-state index is 11.4. The van der Waals surface area contributed by atoms with E-state index in [1.807, 2.05) is 0 Å². The monoisotopic (exact) mass is 205 g/mol. The number of alkyl halides is 2. The Morgan fingerprint density at radius 3 is 2.08 bits per heavy atom. The van der Waals surface area contributed by atoms with Crippen LogP contribution >= 0.6 is 0 Å². The van der Waals surface area contributed by atoms with Crippen molar-refractivity contribution in [1.82, 2.24) is 6.15 Å². The van der Waals surface area contributed by atoms with Crippen molar-refractivity contribution in [3.63, 3.8) is 0 Å². The number of rotatable bonds is 5. The molecule has 0 amide bonds. The Morgan fingerprint density at radius 1 is 1.25 bits per heavy atom. The first kappa shape index (κ1) is 14.3. The minimum atomic E-state index is -3.97. The van der Waals surface area contributed by atoms with Crippen LogP contribution < -0.4 is 6.15 Å². The largest absolute Gasteiger partial charge is 0.344 e. The molecular formula is C5H13F2NO3S. The van der Waals surface area contributed by atoms with Gasteiger partial charge in [-0.3, -0.25) is 4.55 Å². The zero-order valence-corrected chi connectivity index (χ0v) is 7.36. The Kier molecular flexibility index (Phi) is 7.45. The average molecular weight is 205 g/mol. The van der Waals surface area contributed by atoms with Gasteiger partial charge in [0.25, 0.3) is 10.1 Å². The Hall–Kier alpha value is -0.270. The standard InChI is InChI=1S/C5H10F2O3S.H3N/c6-5(7)3-1-2-4-11(8,9)10;/h5H,1-4H2,(H,8,9,10);1H3. The van der Waals surface area contributed by atoms with Crippen molar-refractivity contribution < 1.29 is 21.8 Å². The summed E-state index contributed by atoms with van der Waals surface area (Å²) in [6.45, 7) is 0. The molecule has 0 rings (SSSR count). The summed E-state index contributed by atoms with van der Waals surface area (Å²) in [5.41, 5.74) is 0. The predicted octanol–water partition coefficient (Wildman–Crippen LogP) is 1.47. The van der Waals surface area contributed by atoms with Gasteiger partial charge in [0, 0.05) is 6.42 Å². The summed E-state index contributed by atoms with van der Waals surface area (Å²) >= 11 is 0. The van der Waals surface area contributed by atoms with E-state index in [0.717, 1.165) is 0 Å². The highest BCUT2D eigenvalue weighted by Crippen LogP contribution is 2.05. The van der Waals surface area contributed by atoms with E-state index >= 15 is 0 Å². The van der Waals surface area contributed by atoms with Crippen LogP contribution in [0.2, 0.25) is 0 Å². The Bertz CT molecular complexity index is 193. The maximum absolute atomic E-state index is 11.4. The quantitative estimate of drug-likeness (QED) is 0.525. The third-order valence-electron chi connectivity index (χ3n) is 1.07. The van der Waals surface area contributed by atoms with E-state index in [-0.39, 0.29) is 25.4 Å². The van der Waals surface area contributed by atoms with Gasteiger partial charge in [0.1, 0.15) is 0 Å². The molecule has 0 atom stereocenters. The van der Waals surface area contributed by atoms with Gasteiger partial charge in [-0.2, -0.15) is 8.42 Å². The van der Waals surface area contributed by atoms with E-state index in [9.17, 15) is 17.2 Å². The van der Waals surface area contributed by atoms with E-state index in [1.54, 1.807) is 0 Å². The summed E-state index contributed by atoms with van der Waals surface area (Å²) in [7, 11) is -3.97. The average Bonchev–Trinajstić information content (AvgIpc) is 1.78.